The smallest absolute Gasteiger partial charge is 0.294 e. The topological polar surface area (TPSA) is 94.8 Å². The summed E-state index contributed by atoms with van der Waals surface area (Å²) in [5.74, 6) is -0.230. The molecule has 0 heterocycles. The van der Waals surface area contributed by atoms with Gasteiger partial charge in [-0.05, 0) is 59.9 Å². The van der Waals surface area contributed by atoms with Crippen molar-refractivity contribution in [1.82, 2.24) is 0 Å². The molecule has 0 aliphatic rings. The molecule has 0 saturated heterocycles. The summed E-state index contributed by atoms with van der Waals surface area (Å²) < 4.78 is 33.6. The molecule has 27 heavy (non-hydrogen) atoms. The number of hydrogen-bond donors (Lipinski definition) is 3. The van der Waals surface area contributed by atoms with E-state index >= 15 is 0 Å². The van der Waals surface area contributed by atoms with Gasteiger partial charge in [-0.25, -0.2) is 0 Å². The summed E-state index contributed by atoms with van der Waals surface area (Å²) in [6, 6.07) is 16.4. The first kappa shape index (κ1) is 18.9. The first-order valence-electron chi connectivity index (χ1n) is 8.34. The van der Waals surface area contributed by atoms with Crippen molar-refractivity contribution in [2.75, 3.05) is 0 Å². The predicted octanol–water partition coefficient (Wildman–Crippen LogP) is 4.14. The van der Waals surface area contributed by atoms with Crippen molar-refractivity contribution in [3.63, 3.8) is 0 Å². The molecule has 0 amide bonds. The van der Waals surface area contributed by atoms with Crippen molar-refractivity contribution in [2.24, 2.45) is 0 Å². The third-order valence-electron chi connectivity index (χ3n) is 4.62. The average molecular weight is 384 g/mol. The van der Waals surface area contributed by atoms with E-state index in [4.69, 9.17) is 0 Å². The molecule has 3 aromatic carbocycles. The van der Waals surface area contributed by atoms with Gasteiger partial charge in [0.05, 0.1) is 4.90 Å². The van der Waals surface area contributed by atoms with Gasteiger partial charge in [0.1, 0.15) is 11.5 Å². The fourth-order valence-electron chi connectivity index (χ4n) is 3.22. The van der Waals surface area contributed by atoms with Gasteiger partial charge in [0, 0.05) is 5.92 Å². The molecule has 0 bridgehead atoms. The summed E-state index contributed by atoms with van der Waals surface area (Å²) >= 11 is 0. The van der Waals surface area contributed by atoms with Crippen LogP contribution in [-0.4, -0.2) is 23.2 Å². The van der Waals surface area contributed by atoms with Crippen LogP contribution in [0.2, 0.25) is 0 Å². The highest BCUT2D eigenvalue weighted by Crippen LogP contribution is 2.38. The SMILES string of the molecule is Cc1cc(C(c2ccc(O)c(C)c2)c2ccccc2S(=O)(=O)O)ccc1O. The number of benzene rings is 3. The lowest BCUT2D eigenvalue weighted by molar-refractivity contribution is 0.470. The van der Waals surface area contributed by atoms with Gasteiger partial charge >= 0.3 is 0 Å². The van der Waals surface area contributed by atoms with E-state index < -0.39 is 16.0 Å². The van der Waals surface area contributed by atoms with Gasteiger partial charge < -0.3 is 10.2 Å². The number of rotatable bonds is 4. The van der Waals surface area contributed by atoms with E-state index in [2.05, 4.69) is 0 Å². The molecule has 3 aromatic rings. The third kappa shape index (κ3) is 3.82. The number of phenolic OH excluding ortho intramolecular Hbond substituents is 2. The first-order valence-corrected chi connectivity index (χ1v) is 9.78. The fourth-order valence-corrected chi connectivity index (χ4v) is 3.96. The van der Waals surface area contributed by atoms with Crippen molar-refractivity contribution in [1.29, 1.82) is 0 Å². The molecule has 0 aliphatic carbocycles. The summed E-state index contributed by atoms with van der Waals surface area (Å²) in [5.41, 5.74) is 3.22. The van der Waals surface area contributed by atoms with Gasteiger partial charge in [-0.1, -0.05) is 42.5 Å². The lowest BCUT2D eigenvalue weighted by atomic mass is 9.84. The van der Waals surface area contributed by atoms with E-state index in [9.17, 15) is 23.2 Å². The van der Waals surface area contributed by atoms with Crippen LogP contribution < -0.4 is 0 Å². The van der Waals surface area contributed by atoms with Crippen LogP contribution in [0.5, 0.6) is 11.5 Å². The van der Waals surface area contributed by atoms with Crippen molar-refractivity contribution in [2.45, 2.75) is 24.7 Å². The highest BCUT2D eigenvalue weighted by atomic mass is 32.2. The minimum absolute atomic E-state index is 0.141. The highest BCUT2D eigenvalue weighted by Gasteiger charge is 2.25. The summed E-state index contributed by atoms with van der Waals surface area (Å²) in [5, 5.41) is 19.7. The van der Waals surface area contributed by atoms with Crippen LogP contribution in [0.1, 0.15) is 33.7 Å². The Labute approximate surface area is 158 Å². The van der Waals surface area contributed by atoms with Gasteiger partial charge in [-0.3, -0.25) is 4.55 Å². The van der Waals surface area contributed by atoms with Crippen molar-refractivity contribution in [3.05, 3.63) is 88.5 Å². The Morgan fingerprint density at radius 1 is 0.778 bits per heavy atom. The van der Waals surface area contributed by atoms with Gasteiger partial charge in [0.25, 0.3) is 10.1 Å². The molecular weight excluding hydrogens is 364 g/mol. The van der Waals surface area contributed by atoms with Crippen LogP contribution in [0.25, 0.3) is 0 Å². The monoisotopic (exact) mass is 384 g/mol. The Morgan fingerprint density at radius 3 is 1.70 bits per heavy atom. The Hall–Kier alpha value is -2.83. The average Bonchev–Trinajstić information content (AvgIpc) is 2.61. The molecule has 3 rings (SSSR count). The molecule has 0 spiro atoms. The minimum atomic E-state index is -4.43. The summed E-state index contributed by atoms with van der Waals surface area (Å²) in [6.07, 6.45) is 0. The zero-order chi connectivity index (χ0) is 19.8. The van der Waals surface area contributed by atoms with Gasteiger partial charge in [-0.2, -0.15) is 8.42 Å². The van der Waals surface area contributed by atoms with E-state index in [1.54, 1.807) is 68.4 Å². The minimum Gasteiger partial charge on any atom is -0.508 e. The van der Waals surface area contributed by atoms with Crippen LogP contribution in [0.3, 0.4) is 0 Å². The Balaban J connectivity index is 2.32. The zero-order valence-electron chi connectivity index (χ0n) is 14.9. The van der Waals surface area contributed by atoms with E-state index in [0.717, 1.165) is 11.1 Å². The van der Waals surface area contributed by atoms with Crippen LogP contribution in [0, 0.1) is 13.8 Å². The van der Waals surface area contributed by atoms with Crippen LogP contribution in [-0.2, 0) is 10.1 Å². The van der Waals surface area contributed by atoms with Crippen molar-refractivity contribution >= 4 is 10.1 Å². The second-order valence-corrected chi connectivity index (χ2v) is 7.93. The largest absolute Gasteiger partial charge is 0.508 e. The fraction of sp³-hybridized carbons (Fsp3) is 0.143. The Kier molecular flexibility index (Phi) is 4.95. The normalized spacial score (nSPS) is 11.7. The molecule has 0 radical (unpaired) electrons. The number of aromatic hydroxyl groups is 2. The first-order chi connectivity index (χ1) is 12.7. The molecule has 0 aliphatic heterocycles. The highest BCUT2D eigenvalue weighted by molar-refractivity contribution is 7.85. The molecule has 5 nitrogen and oxygen atoms in total. The molecule has 140 valence electrons. The van der Waals surface area contributed by atoms with Crippen LogP contribution >= 0.6 is 0 Å². The second kappa shape index (κ2) is 7.06. The summed E-state index contributed by atoms with van der Waals surface area (Å²) in [4.78, 5) is -0.175. The molecule has 6 heteroatoms. The van der Waals surface area contributed by atoms with E-state index in [0.29, 0.717) is 16.7 Å². The van der Waals surface area contributed by atoms with E-state index in [-0.39, 0.29) is 16.4 Å². The Morgan fingerprint density at radius 2 is 1.26 bits per heavy atom. The lowest BCUT2D eigenvalue weighted by Gasteiger charge is -2.22. The van der Waals surface area contributed by atoms with Gasteiger partial charge in [0.2, 0.25) is 0 Å². The predicted molar refractivity (Wildman–Crippen MR) is 103 cm³/mol. The van der Waals surface area contributed by atoms with E-state index in [1.165, 1.54) is 6.07 Å². The molecular formula is C21H20O5S. The summed E-state index contributed by atoms with van der Waals surface area (Å²) in [7, 11) is -4.43. The molecule has 3 N–H and O–H groups in total. The van der Waals surface area contributed by atoms with Crippen LogP contribution in [0.4, 0.5) is 0 Å². The second-order valence-electron chi connectivity index (χ2n) is 6.54. The zero-order valence-corrected chi connectivity index (χ0v) is 15.7. The van der Waals surface area contributed by atoms with E-state index in [1.807, 2.05) is 0 Å². The maximum atomic E-state index is 11.9. The molecule has 0 fully saturated rings. The maximum absolute atomic E-state index is 11.9. The number of phenols is 2. The van der Waals surface area contributed by atoms with Crippen molar-refractivity contribution < 1.29 is 23.2 Å². The molecule has 0 aromatic heterocycles. The summed E-state index contributed by atoms with van der Waals surface area (Å²) in [6.45, 7) is 3.51. The van der Waals surface area contributed by atoms with Gasteiger partial charge in [-0.15, -0.1) is 0 Å². The molecule has 0 unspecified atom stereocenters. The lowest BCUT2D eigenvalue weighted by Crippen LogP contribution is -2.10. The molecule has 0 atom stereocenters. The quantitative estimate of drug-likeness (QED) is 0.464. The standard InChI is InChI=1S/C21H20O5S/c1-13-11-15(7-9-18(13)22)21(16-8-10-19(23)14(2)12-16)17-5-3-4-6-20(17)27(24,25)26/h3-12,21-23H,1-2H3,(H,24,25,26). The third-order valence-corrected chi connectivity index (χ3v) is 5.54. The molecule has 0 saturated carbocycles. The Bertz CT molecular complexity index is 1050. The van der Waals surface area contributed by atoms with Gasteiger partial charge in [0.15, 0.2) is 0 Å². The maximum Gasteiger partial charge on any atom is 0.294 e. The number of aryl methyl sites for hydroxylation is 2. The number of hydrogen-bond acceptors (Lipinski definition) is 4. The van der Waals surface area contributed by atoms with Crippen LogP contribution in [0.15, 0.2) is 65.6 Å². The van der Waals surface area contributed by atoms with Crippen molar-refractivity contribution in [3.8, 4) is 11.5 Å².